The van der Waals surface area contributed by atoms with E-state index in [0.717, 1.165) is 4.31 Å². The van der Waals surface area contributed by atoms with Crippen molar-refractivity contribution in [2.75, 3.05) is 31.7 Å². The number of methoxy groups -OCH3 is 1. The average molecular weight is 364 g/mol. The molecule has 1 aromatic carbocycles. The summed E-state index contributed by atoms with van der Waals surface area (Å²) in [6, 6.07) is 2.87. The first-order valence-corrected chi connectivity index (χ1v) is 10.1. The maximum absolute atomic E-state index is 12.3. The first-order chi connectivity index (χ1) is 10.4. The van der Waals surface area contributed by atoms with Crippen LogP contribution in [-0.4, -0.2) is 54.2 Å². The van der Waals surface area contributed by atoms with Crippen molar-refractivity contribution in [2.24, 2.45) is 0 Å². The third kappa shape index (κ3) is 4.90. The van der Waals surface area contributed by atoms with E-state index in [1.54, 1.807) is 20.8 Å². The van der Waals surface area contributed by atoms with Crippen molar-refractivity contribution >= 4 is 25.7 Å². The summed E-state index contributed by atoms with van der Waals surface area (Å²) in [7, 11) is -3.02. The van der Waals surface area contributed by atoms with E-state index in [-0.39, 0.29) is 16.3 Å². The lowest BCUT2D eigenvalue weighted by atomic mass is 10.1. The maximum Gasteiger partial charge on any atom is 0.242 e. The van der Waals surface area contributed by atoms with Crippen LogP contribution < -0.4 is 4.72 Å². The van der Waals surface area contributed by atoms with Crippen LogP contribution in [0.1, 0.15) is 18.1 Å². The Hall–Kier alpha value is -1.16. The fraction of sp³-hybridized carbons (Fsp3) is 0.571. The van der Waals surface area contributed by atoms with Crippen LogP contribution in [0.3, 0.4) is 0 Å². The van der Waals surface area contributed by atoms with Crippen molar-refractivity contribution in [1.29, 1.82) is 0 Å². The Kier molecular flexibility index (Phi) is 6.19. The molecule has 0 bridgehead atoms. The number of hydrogen-bond acceptors (Lipinski definition) is 5. The van der Waals surface area contributed by atoms with Gasteiger partial charge in [-0.05, 0) is 44.0 Å². The third-order valence-electron chi connectivity index (χ3n) is 3.54. The van der Waals surface area contributed by atoms with Crippen molar-refractivity contribution < 1.29 is 21.6 Å². The fourth-order valence-electron chi connectivity index (χ4n) is 1.88. The van der Waals surface area contributed by atoms with Gasteiger partial charge in [0.05, 0.1) is 22.4 Å². The van der Waals surface area contributed by atoms with E-state index in [1.165, 1.54) is 33.3 Å². The Morgan fingerprint density at radius 2 is 1.74 bits per heavy atom. The molecule has 0 radical (unpaired) electrons. The molecular weight excluding hydrogens is 340 g/mol. The Labute approximate surface area is 138 Å². The van der Waals surface area contributed by atoms with Crippen LogP contribution in [0.25, 0.3) is 0 Å². The molecular formula is C14H24N2O5S2. The first kappa shape index (κ1) is 19.9. The molecule has 1 unspecified atom stereocenters. The van der Waals surface area contributed by atoms with Gasteiger partial charge in [-0.2, -0.15) is 0 Å². The fourth-order valence-corrected chi connectivity index (χ4v) is 4.28. The number of anilines is 1. The topological polar surface area (TPSA) is 92.8 Å². The average Bonchev–Trinajstić information content (AvgIpc) is 2.42. The van der Waals surface area contributed by atoms with Gasteiger partial charge < -0.3 is 4.74 Å². The quantitative estimate of drug-likeness (QED) is 0.788. The zero-order chi connectivity index (χ0) is 18.0. The molecule has 1 rings (SSSR count). The monoisotopic (exact) mass is 364 g/mol. The predicted octanol–water partition coefficient (Wildman–Crippen LogP) is 1.33. The number of aryl methyl sites for hydroxylation is 1. The van der Waals surface area contributed by atoms with Gasteiger partial charge in [0.25, 0.3) is 0 Å². The van der Waals surface area contributed by atoms with Crippen LogP contribution >= 0.6 is 0 Å². The number of nitrogens with one attached hydrogen (secondary N) is 1. The van der Waals surface area contributed by atoms with Crippen LogP contribution in [-0.2, 0) is 24.8 Å². The highest BCUT2D eigenvalue weighted by Crippen LogP contribution is 2.26. The number of sulfonamides is 2. The van der Waals surface area contributed by atoms with Gasteiger partial charge in [-0.3, -0.25) is 4.72 Å². The van der Waals surface area contributed by atoms with E-state index >= 15 is 0 Å². The minimum Gasteiger partial charge on any atom is -0.381 e. The Balaban J connectivity index is 3.31. The predicted molar refractivity (Wildman–Crippen MR) is 90.7 cm³/mol. The highest BCUT2D eigenvalue weighted by atomic mass is 32.2. The lowest BCUT2D eigenvalue weighted by Crippen LogP contribution is -2.26. The molecule has 0 aliphatic carbocycles. The minimum atomic E-state index is -3.65. The van der Waals surface area contributed by atoms with Gasteiger partial charge in [-0.15, -0.1) is 0 Å². The second-order valence-electron chi connectivity index (χ2n) is 5.63. The largest absolute Gasteiger partial charge is 0.381 e. The van der Waals surface area contributed by atoms with Crippen molar-refractivity contribution in [1.82, 2.24) is 4.31 Å². The standard InChI is InChI=1S/C14H24N2O5S2/c1-10-7-13(23(19,20)16(4)5)8-14(12(10)3)15-22(17,18)9-11(2)21-6/h7-8,11,15H,9H2,1-6H3. The summed E-state index contributed by atoms with van der Waals surface area (Å²) >= 11 is 0. The minimum absolute atomic E-state index is 0.0445. The van der Waals surface area contributed by atoms with E-state index in [0.29, 0.717) is 11.1 Å². The molecule has 23 heavy (non-hydrogen) atoms. The van der Waals surface area contributed by atoms with Gasteiger partial charge in [0.15, 0.2) is 0 Å². The van der Waals surface area contributed by atoms with Gasteiger partial charge in [-0.25, -0.2) is 21.1 Å². The number of rotatable bonds is 7. The van der Waals surface area contributed by atoms with Gasteiger partial charge in [0.2, 0.25) is 20.0 Å². The Bertz CT molecular complexity index is 771. The van der Waals surface area contributed by atoms with Gasteiger partial charge >= 0.3 is 0 Å². The van der Waals surface area contributed by atoms with Gasteiger partial charge in [0, 0.05) is 21.2 Å². The van der Waals surface area contributed by atoms with E-state index < -0.39 is 26.2 Å². The molecule has 0 aliphatic heterocycles. The second-order valence-corrected chi connectivity index (χ2v) is 9.55. The molecule has 1 N–H and O–H groups in total. The molecule has 0 aromatic heterocycles. The smallest absolute Gasteiger partial charge is 0.242 e. The van der Waals surface area contributed by atoms with E-state index in [2.05, 4.69) is 4.72 Å². The zero-order valence-electron chi connectivity index (χ0n) is 14.2. The van der Waals surface area contributed by atoms with Crippen molar-refractivity contribution in [2.45, 2.75) is 31.8 Å². The number of ether oxygens (including phenoxy) is 1. The first-order valence-electron chi connectivity index (χ1n) is 6.97. The van der Waals surface area contributed by atoms with Gasteiger partial charge in [-0.1, -0.05) is 0 Å². The molecule has 0 heterocycles. The number of nitrogens with zero attached hydrogens (tertiary/aromatic N) is 1. The molecule has 0 saturated heterocycles. The summed E-state index contributed by atoms with van der Waals surface area (Å²) in [4.78, 5) is 0.0445. The van der Waals surface area contributed by atoms with Crippen LogP contribution in [0.4, 0.5) is 5.69 Å². The van der Waals surface area contributed by atoms with Crippen molar-refractivity contribution in [3.8, 4) is 0 Å². The molecule has 0 aliphatic rings. The van der Waals surface area contributed by atoms with E-state index in [1.807, 2.05) is 0 Å². The molecule has 132 valence electrons. The van der Waals surface area contributed by atoms with Crippen LogP contribution in [0.2, 0.25) is 0 Å². The number of hydrogen-bond donors (Lipinski definition) is 1. The Morgan fingerprint density at radius 3 is 2.22 bits per heavy atom. The summed E-state index contributed by atoms with van der Waals surface area (Å²) in [5.41, 5.74) is 1.62. The Morgan fingerprint density at radius 1 is 1.17 bits per heavy atom. The van der Waals surface area contributed by atoms with Crippen LogP contribution in [0.15, 0.2) is 17.0 Å². The summed E-state index contributed by atoms with van der Waals surface area (Å²) in [5.74, 6) is -0.216. The normalized spacial score (nSPS) is 14.0. The highest BCUT2D eigenvalue weighted by molar-refractivity contribution is 7.92. The SMILES string of the molecule is COC(C)CS(=O)(=O)Nc1cc(S(=O)(=O)N(C)C)cc(C)c1C. The summed E-state index contributed by atoms with van der Waals surface area (Å²) in [6.07, 6.45) is -0.470. The molecule has 9 heteroatoms. The maximum atomic E-state index is 12.3. The summed E-state index contributed by atoms with van der Waals surface area (Å²) in [6.45, 7) is 5.11. The summed E-state index contributed by atoms with van der Waals surface area (Å²) in [5, 5.41) is 0. The molecule has 0 fully saturated rings. The van der Waals surface area contributed by atoms with E-state index in [9.17, 15) is 16.8 Å². The van der Waals surface area contributed by atoms with Crippen molar-refractivity contribution in [3.63, 3.8) is 0 Å². The van der Waals surface area contributed by atoms with Crippen molar-refractivity contribution in [3.05, 3.63) is 23.3 Å². The molecule has 1 aromatic rings. The number of benzene rings is 1. The third-order valence-corrected chi connectivity index (χ3v) is 6.77. The molecule has 7 nitrogen and oxygen atoms in total. The summed E-state index contributed by atoms with van der Waals surface area (Å²) < 4.78 is 57.4. The van der Waals surface area contributed by atoms with Crippen LogP contribution in [0.5, 0.6) is 0 Å². The van der Waals surface area contributed by atoms with Crippen LogP contribution in [0, 0.1) is 13.8 Å². The second kappa shape index (κ2) is 7.16. The highest BCUT2D eigenvalue weighted by Gasteiger charge is 2.22. The molecule has 0 saturated carbocycles. The molecule has 1 atom stereocenters. The molecule has 0 amide bonds. The molecule has 0 spiro atoms. The lowest BCUT2D eigenvalue weighted by Gasteiger charge is -2.18. The zero-order valence-corrected chi connectivity index (χ0v) is 15.9. The lowest BCUT2D eigenvalue weighted by molar-refractivity contribution is 0.136. The van der Waals surface area contributed by atoms with E-state index in [4.69, 9.17) is 4.74 Å². The van der Waals surface area contributed by atoms with Gasteiger partial charge in [0.1, 0.15) is 0 Å².